The molecule has 4 nitrogen and oxygen atoms in total. The van der Waals surface area contributed by atoms with E-state index in [-0.39, 0.29) is 17.6 Å². The Labute approximate surface area is 280 Å². The van der Waals surface area contributed by atoms with Crippen molar-refractivity contribution < 1.29 is 20.4 Å². The number of phenolic OH excluding ortho intramolecular Hbond substituents is 4. The van der Waals surface area contributed by atoms with Gasteiger partial charge in [-0.05, 0) is 177 Å². The molecule has 0 bridgehead atoms. The molecular weight excluding hydrogens is 580 g/mol. The van der Waals surface area contributed by atoms with Gasteiger partial charge in [-0.25, -0.2) is 0 Å². The topological polar surface area (TPSA) is 80.9 Å². The molecule has 0 aromatic heterocycles. The fourth-order valence-corrected chi connectivity index (χ4v) is 7.61. The van der Waals surface area contributed by atoms with Gasteiger partial charge >= 0.3 is 0 Å². The molecule has 0 saturated carbocycles. The molecule has 4 heteroatoms. The monoisotopic (exact) mass is 628 g/mol. The van der Waals surface area contributed by atoms with Gasteiger partial charge < -0.3 is 20.4 Å². The van der Waals surface area contributed by atoms with Crippen molar-refractivity contribution in [3.05, 3.63) is 149 Å². The summed E-state index contributed by atoms with van der Waals surface area (Å²) in [5.74, 6) is 0.941. The molecule has 1 atom stereocenters. The molecule has 5 rings (SSSR count). The summed E-state index contributed by atoms with van der Waals surface area (Å²) in [6.07, 6.45) is 0. The van der Waals surface area contributed by atoms with Gasteiger partial charge in [0.1, 0.15) is 23.0 Å². The van der Waals surface area contributed by atoms with Crippen LogP contribution in [0, 0.1) is 76.2 Å². The first-order chi connectivity index (χ1) is 22.0. The second-order valence-electron chi connectivity index (χ2n) is 13.7. The van der Waals surface area contributed by atoms with Crippen LogP contribution in [0.15, 0.2) is 54.6 Å². The second-order valence-corrected chi connectivity index (χ2v) is 13.7. The van der Waals surface area contributed by atoms with E-state index in [4.69, 9.17) is 0 Å². The van der Waals surface area contributed by atoms with Gasteiger partial charge in [0.05, 0.1) is 0 Å². The van der Waals surface area contributed by atoms with Gasteiger partial charge in [-0.1, -0.05) is 48.5 Å². The number of aromatic hydroxyl groups is 4. The fourth-order valence-electron chi connectivity index (χ4n) is 7.61. The van der Waals surface area contributed by atoms with Crippen molar-refractivity contribution in [2.45, 2.75) is 88.0 Å². The standard InChI is InChI=1S/C43H48O4/c1-21-14-32(12-13-36(21)44)39(33-15-22(2)41(45)23(3)16-33)37-28(8)30(10)38(31(11)29(37)9)40(34-17-24(4)42(46)25(5)18-34)35-19-26(6)43(47)27(7)20-35/h12-20,39-40,44-47H,1-11H3. The number of aryl methyl sites for hydroxylation is 7. The Bertz CT molecular complexity index is 1890. The minimum Gasteiger partial charge on any atom is -0.508 e. The van der Waals surface area contributed by atoms with Crippen LogP contribution in [-0.4, -0.2) is 20.4 Å². The average molecular weight is 629 g/mol. The summed E-state index contributed by atoms with van der Waals surface area (Å²) in [6.45, 7) is 22.4. The van der Waals surface area contributed by atoms with Crippen LogP contribution in [0.3, 0.4) is 0 Å². The highest BCUT2D eigenvalue weighted by atomic mass is 16.3. The van der Waals surface area contributed by atoms with Crippen LogP contribution in [0.5, 0.6) is 23.0 Å². The Morgan fingerprint density at radius 1 is 0.340 bits per heavy atom. The maximum Gasteiger partial charge on any atom is 0.121 e. The fraction of sp³-hybridized carbons (Fsp3) is 0.302. The number of hydrogen-bond acceptors (Lipinski definition) is 4. The van der Waals surface area contributed by atoms with E-state index in [0.717, 1.165) is 61.2 Å². The minimum atomic E-state index is -0.134. The normalized spacial score (nSPS) is 12.2. The van der Waals surface area contributed by atoms with Gasteiger partial charge in [0.25, 0.3) is 0 Å². The van der Waals surface area contributed by atoms with E-state index < -0.39 is 0 Å². The Morgan fingerprint density at radius 2 is 0.596 bits per heavy atom. The van der Waals surface area contributed by atoms with Crippen molar-refractivity contribution in [1.29, 1.82) is 0 Å². The molecule has 0 aliphatic carbocycles. The lowest BCUT2D eigenvalue weighted by atomic mass is 9.72. The molecule has 0 saturated heterocycles. The van der Waals surface area contributed by atoms with Crippen molar-refractivity contribution in [3.8, 4) is 23.0 Å². The molecule has 5 aromatic carbocycles. The summed E-state index contributed by atoms with van der Waals surface area (Å²) < 4.78 is 0. The van der Waals surface area contributed by atoms with Gasteiger partial charge in [0, 0.05) is 11.8 Å². The zero-order chi connectivity index (χ0) is 34.6. The molecule has 0 fully saturated rings. The first-order valence-electron chi connectivity index (χ1n) is 16.3. The van der Waals surface area contributed by atoms with E-state index in [1.165, 1.54) is 33.4 Å². The lowest BCUT2D eigenvalue weighted by Gasteiger charge is -2.32. The Balaban J connectivity index is 1.87. The molecule has 0 heterocycles. The maximum atomic E-state index is 10.7. The quantitative estimate of drug-likeness (QED) is 0.141. The van der Waals surface area contributed by atoms with Gasteiger partial charge in [0.2, 0.25) is 0 Å². The van der Waals surface area contributed by atoms with Crippen molar-refractivity contribution in [1.82, 2.24) is 0 Å². The highest BCUT2D eigenvalue weighted by Crippen LogP contribution is 2.46. The van der Waals surface area contributed by atoms with Gasteiger partial charge in [0.15, 0.2) is 0 Å². The molecule has 4 N–H and O–H groups in total. The van der Waals surface area contributed by atoms with Crippen LogP contribution >= 0.6 is 0 Å². The third kappa shape index (κ3) is 5.86. The first kappa shape index (κ1) is 33.7. The number of rotatable bonds is 6. The SMILES string of the molecule is Cc1cc(C(c2cc(C)c(O)c(C)c2)c2c(C)c(C)c(C(c3cc(C)c(O)c(C)c3)c3cc(C)c(O)c(C)c3)c(C)c2C)ccc1O. The largest absolute Gasteiger partial charge is 0.508 e. The lowest BCUT2D eigenvalue weighted by Crippen LogP contribution is -2.16. The van der Waals surface area contributed by atoms with Gasteiger partial charge in [-0.3, -0.25) is 0 Å². The van der Waals surface area contributed by atoms with E-state index >= 15 is 0 Å². The average Bonchev–Trinajstić information content (AvgIpc) is 3.01. The second kappa shape index (κ2) is 12.5. The van der Waals surface area contributed by atoms with Crippen LogP contribution in [0.2, 0.25) is 0 Å². The summed E-state index contributed by atoms with van der Waals surface area (Å²) in [4.78, 5) is 0. The third-order valence-corrected chi connectivity index (χ3v) is 10.4. The Hall–Kier alpha value is -4.70. The predicted molar refractivity (Wildman–Crippen MR) is 193 cm³/mol. The summed E-state index contributed by atoms with van der Waals surface area (Å²) in [5.41, 5.74) is 17.3. The summed E-state index contributed by atoms with van der Waals surface area (Å²) in [7, 11) is 0. The van der Waals surface area contributed by atoms with Crippen LogP contribution in [0.25, 0.3) is 0 Å². The number of benzene rings is 5. The number of hydrogen-bond donors (Lipinski definition) is 4. The van der Waals surface area contributed by atoms with Crippen LogP contribution < -0.4 is 0 Å². The minimum absolute atomic E-state index is 0.131. The highest BCUT2D eigenvalue weighted by Gasteiger charge is 2.30. The van der Waals surface area contributed by atoms with Crippen molar-refractivity contribution in [3.63, 3.8) is 0 Å². The molecule has 0 spiro atoms. The van der Waals surface area contributed by atoms with Crippen molar-refractivity contribution in [2.75, 3.05) is 0 Å². The van der Waals surface area contributed by atoms with Crippen LogP contribution in [-0.2, 0) is 0 Å². The highest BCUT2D eigenvalue weighted by molar-refractivity contribution is 5.63. The smallest absolute Gasteiger partial charge is 0.121 e. The summed E-state index contributed by atoms with van der Waals surface area (Å²) in [6, 6.07) is 18.4. The van der Waals surface area contributed by atoms with Crippen molar-refractivity contribution >= 4 is 0 Å². The van der Waals surface area contributed by atoms with E-state index in [9.17, 15) is 20.4 Å². The molecule has 1 unspecified atom stereocenters. The van der Waals surface area contributed by atoms with E-state index in [1.54, 1.807) is 6.07 Å². The predicted octanol–water partition coefficient (Wildman–Crippen LogP) is 10.3. The number of phenols is 4. The lowest BCUT2D eigenvalue weighted by molar-refractivity contribution is 0.466. The molecule has 0 amide bonds. The van der Waals surface area contributed by atoms with E-state index in [0.29, 0.717) is 17.2 Å². The van der Waals surface area contributed by atoms with Crippen molar-refractivity contribution in [2.24, 2.45) is 0 Å². The molecular formula is C43H48O4. The van der Waals surface area contributed by atoms with Gasteiger partial charge in [-0.2, -0.15) is 0 Å². The molecule has 47 heavy (non-hydrogen) atoms. The Kier molecular flexibility index (Phi) is 8.94. The van der Waals surface area contributed by atoms with Crippen LogP contribution in [0.4, 0.5) is 0 Å². The molecule has 0 radical (unpaired) electrons. The first-order valence-corrected chi connectivity index (χ1v) is 16.3. The van der Waals surface area contributed by atoms with Gasteiger partial charge in [-0.15, -0.1) is 0 Å². The molecule has 0 aliphatic rings. The molecule has 5 aromatic rings. The summed E-state index contributed by atoms with van der Waals surface area (Å²) >= 11 is 0. The van der Waals surface area contributed by atoms with E-state index in [1.807, 2.05) is 54.5 Å². The Morgan fingerprint density at radius 3 is 0.872 bits per heavy atom. The summed E-state index contributed by atoms with van der Waals surface area (Å²) in [5, 5.41) is 42.6. The maximum absolute atomic E-state index is 10.7. The third-order valence-electron chi connectivity index (χ3n) is 10.4. The zero-order valence-electron chi connectivity index (χ0n) is 29.6. The van der Waals surface area contributed by atoms with E-state index in [2.05, 4.69) is 70.2 Å². The van der Waals surface area contributed by atoms with Crippen LogP contribution in [0.1, 0.15) is 106 Å². The molecule has 0 aliphatic heterocycles. The zero-order valence-corrected chi connectivity index (χ0v) is 29.6. The molecule has 244 valence electrons.